The number of aryl methyl sites for hydroxylation is 1. The second-order valence-electron chi connectivity index (χ2n) is 6.31. The number of allylic oxidation sites excluding steroid dienone is 1. The predicted molar refractivity (Wildman–Crippen MR) is 108 cm³/mol. The molecule has 2 heterocycles. The van der Waals surface area contributed by atoms with E-state index in [2.05, 4.69) is 11.6 Å². The first-order valence-corrected chi connectivity index (χ1v) is 9.77. The molecule has 0 fully saturated rings. The fourth-order valence-electron chi connectivity index (χ4n) is 2.99. The molecule has 0 N–H and O–H groups in total. The SMILES string of the molecule is C=CCn1c(=NC(=O)COc2ccccc2C)sc2cc3c(cc21)OCCO3. The Morgan fingerprint density at radius 2 is 2.04 bits per heavy atom. The highest BCUT2D eigenvalue weighted by Gasteiger charge is 2.16. The van der Waals surface area contributed by atoms with Crippen molar-refractivity contribution in [1.82, 2.24) is 4.57 Å². The van der Waals surface area contributed by atoms with E-state index in [1.54, 1.807) is 6.08 Å². The Morgan fingerprint density at radius 1 is 1.29 bits per heavy atom. The molecule has 0 aliphatic carbocycles. The van der Waals surface area contributed by atoms with Crippen molar-refractivity contribution >= 4 is 27.5 Å². The van der Waals surface area contributed by atoms with Crippen molar-refractivity contribution in [2.75, 3.05) is 19.8 Å². The number of aromatic nitrogens is 1. The predicted octanol–water partition coefficient (Wildman–Crippen LogP) is 3.47. The number of carbonyl (C=O) groups is 1. The first-order chi connectivity index (χ1) is 13.7. The average Bonchev–Trinajstić information content (AvgIpc) is 3.02. The van der Waals surface area contributed by atoms with Gasteiger partial charge >= 0.3 is 0 Å². The van der Waals surface area contributed by atoms with Crippen LogP contribution in [-0.4, -0.2) is 30.3 Å². The third-order valence-electron chi connectivity index (χ3n) is 4.32. The summed E-state index contributed by atoms with van der Waals surface area (Å²) in [4.78, 5) is 17.3. The molecule has 6 nitrogen and oxygen atoms in total. The molecule has 144 valence electrons. The van der Waals surface area contributed by atoms with Gasteiger partial charge in [0.05, 0.1) is 10.2 Å². The van der Waals surface area contributed by atoms with Crippen molar-refractivity contribution in [3.8, 4) is 17.2 Å². The molecule has 0 radical (unpaired) electrons. The van der Waals surface area contributed by atoms with E-state index in [9.17, 15) is 4.79 Å². The number of thiazole rings is 1. The standard InChI is InChI=1S/C21H20N2O4S/c1-3-8-23-15-11-17-18(26-10-9-25-17)12-19(15)28-21(23)22-20(24)13-27-16-7-5-4-6-14(16)2/h3-7,11-12H,1,8-10,13H2,2H3. The molecule has 4 rings (SSSR count). The van der Waals surface area contributed by atoms with Crippen molar-refractivity contribution in [1.29, 1.82) is 0 Å². The van der Waals surface area contributed by atoms with Crippen LogP contribution in [0.4, 0.5) is 0 Å². The molecule has 28 heavy (non-hydrogen) atoms. The molecule has 0 atom stereocenters. The lowest BCUT2D eigenvalue weighted by molar-refractivity contribution is -0.120. The van der Waals surface area contributed by atoms with Crippen molar-refractivity contribution in [2.24, 2.45) is 4.99 Å². The maximum atomic E-state index is 12.4. The van der Waals surface area contributed by atoms with E-state index >= 15 is 0 Å². The normalized spacial score (nSPS) is 13.5. The molecule has 1 aliphatic rings. The fraction of sp³-hybridized carbons (Fsp3) is 0.238. The van der Waals surface area contributed by atoms with Crippen molar-refractivity contribution in [3.63, 3.8) is 0 Å². The Bertz CT molecular complexity index is 1110. The molecular formula is C21H20N2O4S. The van der Waals surface area contributed by atoms with E-state index in [4.69, 9.17) is 14.2 Å². The molecule has 3 aromatic rings. The molecule has 1 aliphatic heterocycles. The summed E-state index contributed by atoms with van der Waals surface area (Å²) in [7, 11) is 0. The zero-order chi connectivity index (χ0) is 19.5. The Morgan fingerprint density at radius 3 is 2.79 bits per heavy atom. The van der Waals surface area contributed by atoms with Gasteiger partial charge in [-0.25, -0.2) is 0 Å². The van der Waals surface area contributed by atoms with Crippen LogP contribution in [0.15, 0.2) is 54.0 Å². The highest BCUT2D eigenvalue weighted by atomic mass is 32.1. The number of hydrogen-bond acceptors (Lipinski definition) is 5. The largest absolute Gasteiger partial charge is 0.486 e. The van der Waals surface area contributed by atoms with Crippen LogP contribution in [0, 0.1) is 6.92 Å². The first-order valence-electron chi connectivity index (χ1n) is 8.95. The molecule has 1 amide bonds. The number of fused-ring (bicyclic) bond motifs is 2. The van der Waals surface area contributed by atoms with Gasteiger partial charge in [0.15, 0.2) is 22.9 Å². The molecule has 2 aromatic carbocycles. The highest BCUT2D eigenvalue weighted by Crippen LogP contribution is 2.35. The molecule has 0 spiro atoms. The smallest absolute Gasteiger partial charge is 0.286 e. The fourth-order valence-corrected chi connectivity index (χ4v) is 4.06. The van der Waals surface area contributed by atoms with Gasteiger partial charge in [-0.3, -0.25) is 4.79 Å². The van der Waals surface area contributed by atoms with Crippen LogP contribution in [0.25, 0.3) is 10.2 Å². The summed E-state index contributed by atoms with van der Waals surface area (Å²) in [6.45, 7) is 7.22. The van der Waals surface area contributed by atoms with E-state index in [-0.39, 0.29) is 12.5 Å². The van der Waals surface area contributed by atoms with Crippen molar-refractivity contribution in [3.05, 3.63) is 59.4 Å². The Balaban J connectivity index is 1.66. The maximum Gasteiger partial charge on any atom is 0.286 e. The number of nitrogens with zero attached hydrogens (tertiary/aromatic N) is 2. The minimum atomic E-state index is -0.343. The number of hydrogen-bond donors (Lipinski definition) is 0. The van der Waals surface area contributed by atoms with Crippen LogP contribution in [-0.2, 0) is 11.3 Å². The highest BCUT2D eigenvalue weighted by molar-refractivity contribution is 7.16. The van der Waals surface area contributed by atoms with E-state index in [0.29, 0.717) is 41.8 Å². The maximum absolute atomic E-state index is 12.4. The summed E-state index contributed by atoms with van der Waals surface area (Å²) < 4.78 is 19.9. The van der Waals surface area contributed by atoms with Gasteiger partial charge in [0.2, 0.25) is 0 Å². The van der Waals surface area contributed by atoms with Crippen LogP contribution in [0.3, 0.4) is 0 Å². The summed E-state index contributed by atoms with van der Waals surface area (Å²) in [5.74, 6) is 1.76. The van der Waals surface area contributed by atoms with Gasteiger partial charge in [-0.15, -0.1) is 6.58 Å². The number of benzene rings is 2. The van der Waals surface area contributed by atoms with Crippen molar-refractivity contribution < 1.29 is 19.0 Å². The number of para-hydroxylation sites is 1. The summed E-state index contributed by atoms with van der Waals surface area (Å²) in [5.41, 5.74) is 1.91. The second kappa shape index (κ2) is 7.90. The van der Waals surface area contributed by atoms with Gasteiger partial charge < -0.3 is 18.8 Å². The molecule has 0 unspecified atom stereocenters. The van der Waals surface area contributed by atoms with E-state index in [1.165, 1.54) is 11.3 Å². The Kier molecular flexibility index (Phi) is 5.16. The van der Waals surface area contributed by atoms with E-state index < -0.39 is 0 Å². The van der Waals surface area contributed by atoms with E-state index in [1.807, 2.05) is 47.9 Å². The lowest BCUT2D eigenvalue weighted by Crippen LogP contribution is -2.19. The minimum Gasteiger partial charge on any atom is -0.486 e. The average molecular weight is 396 g/mol. The zero-order valence-corrected chi connectivity index (χ0v) is 16.3. The first kappa shape index (κ1) is 18.3. The second-order valence-corrected chi connectivity index (χ2v) is 7.32. The quantitative estimate of drug-likeness (QED) is 0.620. The molecule has 0 saturated heterocycles. The van der Waals surface area contributed by atoms with Crippen molar-refractivity contribution in [2.45, 2.75) is 13.5 Å². The van der Waals surface area contributed by atoms with E-state index in [0.717, 1.165) is 15.8 Å². The zero-order valence-electron chi connectivity index (χ0n) is 15.5. The van der Waals surface area contributed by atoms with Crippen LogP contribution in [0.5, 0.6) is 17.2 Å². The number of rotatable bonds is 5. The van der Waals surface area contributed by atoms with Gasteiger partial charge in [0.25, 0.3) is 5.91 Å². The van der Waals surface area contributed by atoms with Gasteiger partial charge in [0, 0.05) is 18.7 Å². The Labute approximate surface area is 166 Å². The molecule has 0 saturated carbocycles. The van der Waals surface area contributed by atoms with Gasteiger partial charge in [-0.1, -0.05) is 35.6 Å². The molecule has 0 bridgehead atoms. The molecule has 1 aromatic heterocycles. The molecule has 7 heteroatoms. The molecular weight excluding hydrogens is 376 g/mol. The van der Waals surface area contributed by atoms with Gasteiger partial charge in [-0.05, 0) is 18.6 Å². The number of carbonyl (C=O) groups excluding carboxylic acids is 1. The Hall–Kier alpha value is -3.06. The number of amides is 1. The van der Waals surface area contributed by atoms with Crippen LogP contribution < -0.4 is 19.0 Å². The monoisotopic (exact) mass is 396 g/mol. The third kappa shape index (κ3) is 3.66. The summed E-state index contributed by atoms with van der Waals surface area (Å²) >= 11 is 1.43. The summed E-state index contributed by atoms with van der Waals surface area (Å²) in [6, 6.07) is 11.4. The topological polar surface area (TPSA) is 62.1 Å². The lowest BCUT2D eigenvalue weighted by atomic mass is 10.2. The van der Waals surface area contributed by atoms with Gasteiger partial charge in [0.1, 0.15) is 19.0 Å². The minimum absolute atomic E-state index is 0.115. The van der Waals surface area contributed by atoms with Crippen LogP contribution >= 0.6 is 11.3 Å². The van der Waals surface area contributed by atoms with Crippen LogP contribution in [0.1, 0.15) is 5.56 Å². The summed E-state index contributed by atoms with van der Waals surface area (Å²) in [6.07, 6.45) is 1.77. The number of ether oxygens (including phenoxy) is 3. The summed E-state index contributed by atoms with van der Waals surface area (Å²) in [5, 5.41) is 0. The third-order valence-corrected chi connectivity index (χ3v) is 5.36. The van der Waals surface area contributed by atoms with Crippen LogP contribution in [0.2, 0.25) is 0 Å². The lowest BCUT2D eigenvalue weighted by Gasteiger charge is -2.18. The van der Waals surface area contributed by atoms with Gasteiger partial charge in [-0.2, -0.15) is 4.99 Å².